The highest BCUT2D eigenvalue weighted by Crippen LogP contribution is 2.34. The number of hydrogen-bond acceptors (Lipinski definition) is 3. The van der Waals surface area contributed by atoms with Crippen LogP contribution in [0.25, 0.3) is 27.9 Å². The zero-order valence-electron chi connectivity index (χ0n) is 12.5. The maximum Gasteiger partial charge on any atom is 0.250 e. The lowest BCUT2D eigenvalue weighted by atomic mass is 10.0. The molecule has 0 saturated carbocycles. The molecule has 0 bridgehead atoms. The summed E-state index contributed by atoms with van der Waals surface area (Å²) in [5.74, 6) is 0. The molecule has 0 saturated heterocycles. The number of hydrogen-bond donors (Lipinski definition) is 1. The molecule has 112 valence electrons. The number of aromatic amines is 1. The number of benzene rings is 1. The first kappa shape index (κ1) is 13.5. The molecule has 1 N–H and O–H groups in total. The van der Waals surface area contributed by atoms with Crippen LogP contribution in [0.1, 0.15) is 5.56 Å². The molecule has 4 rings (SSSR count). The second-order valence-electron chi connectivity index (χ2n) is 5.40. The zero-order chi connectivity index (χ0) is 15.8. The van der Waals surface area contributed by atoms with E-state index in [0.29, 0.717) is 5.56 Å². The summed E-state index contributed by atoms with van der Waals surface area (Å²) >= 11 is 0. The fourth-order valence-electron chi connectivity index (χ4n) is 2.72. The minimum atomic E-state index is -0.0791. The van der Waals surface area contributed by atoms with Gasteiger partial charge >= 0.3 is 0 Å². The van der Waals surface area contributed by atoms with Gasteiger partial charge in [-0.1, -0.05) is 30.3 Å². The summed E-state index contributed by atoms with van der Waals surface area (Å²) in [4.78, 5) is 18.7. The van der Waals surface area contributed by atoms with Crippen molar-refractivity contribution in [2.75, 3.05) is 0 Å². The molecule has 0 atom stereocenters. The van der Waals surface area contributed by atoms with Crippen LogP contribution in [0.5, 0.6) is 0 Å². The molecule has 5 nitrogen and oxygen atoms in total. The molecule has 0 aliphatic rings. The molecule has 0 amide bonds. The molecule has 0 radical (unpaired) electrons. The quantitative estimate of drug-likeness (QED) is 0.619. The highest BCUT2D eigenvalue weighted by Gasteiger charge is 2.16. The van der Waals surface area contributed by atoms with Crippen LogP contribution < -0.4 is 5.56 Å². The first-order chi connectivity index (χ1) is 11.2. The van der Waals surface area contributed by atoms with Crippen LogP contribution >= 0.6 is 0 Å². The van der Waals surface area contributed by atoms with E-state index in [0.717, 1.165) is 27.9 Å². The van der Waals surface area contributed by atoms with Crippen LogP contribution in [-0.2, 0) is 0 Å². The van der Waals surface area contributed by atoms with E-state index in [1.807, 2.05) is 47.1 Å². The van der Waals surface area contributed by atoms with Crippen LogP contribution in [0, 0.1) is 6.92 Å². The van der Waals surface area contributed by atoms with E-state index in [9.17, 15) is 4.79 Å². The van der Waals surface area contributed by atoms with Gasteiger partial charge in [0.2, 0.25) is 0 Å². The van der Waals surface area contributed by atoms with Crippen molar-refractivity contribution < 1.29 is 0 Å². The largest absolute Gasteiger partial charge is 0.328 e. The van der Waals surface area contributed by atoms with Crippen molar-refractivity contribution in [1.82, 2.24) is 19.6 Å². The van der Waals surface area contributed by atoms with Gasteiger partial charge in [-0.05, 0) is 13.0 Å². The molecule has 0 fully saturated rings. The Balaban J connectivity index is 2.07. The predicted molar refractivity (Wildman–Crippen MR) is 89.2 cm³/mol. The van der Waals surface area contributed by atoms with Gasteiger partial charge in [0.15, 0.2) is 0 Å². The summed E-state index contributed by atoms with van der Waals surface area (Å²) < 4.78 is 1.81. The Morgan fingerprint density at radius 2 is 1.96 bits per heavy atom. The summed E-state index contributed by atoms with van der Waals surface area (Å²) in [6, 6.07) is 11.9. The predicted octanol–water partition coefficient (Wildman–Crippen LogP) is 3.06. The van der Waals surface area contributed by atoms with Gasteiger partial charge in [0.25, 0.3) is 5.56 Å². The Morgan fingerprint density at radius 1 is 1.13 bits per heavy atom. The number of aromatic nitrogens is 4. The summed E-state index contributed by atoms with van der Waals surface area (Å²) in [5, 5.41) is 4.70. The standard InChI is InChI=1S/C18H14N4O/c1-12-9-14(10-20-18(12)23)16-15-11-19-7-8-22(15)21-17(16)13-5-3-2-4-6-13/h2-11H,1H3,(H,20,23). The van der Waals surface area contributed by atoms with Gasteiger partial charge in [-0.2, -0.15) is 5.10 Å². The number of aryl methyl sites for hydroxylation is 1. The van der Waals surface area contributed by atoms with Crippen molar-refractivity contribution in [3.05, 3.63) is 77.1 Å². The van der Waals surface area contributed by atoms with Crippen molar-refractivity contribution in [3.8, 4) is 22.4 Å². The minimum absolute atomic E-state index is 0.0791. The summed E-state index contributed by atoms with van der Waals surface area (Å²) in [6.45, 7) is 1.80. The minimum Gasteiger partial charge on any atom is -0.328 e. The molecule has 0 spiro atoms. The van der Waals surface area contributed by atoms with Crippen molar-refractivity contribution in [1.29, 1.82) is 0 Å². The van der Waals surface area contributed by atoms with Crippen LogP contribution in [0.15, 0.2) is 66.0 Å². The summed E-state index contributed by atoms with van der Waals surface area (Å²) in [5.41, 5.74) is 5.26. The number of nitrogens with one attached hydrogen (secondary N) is 1. The van der Waals surface area contributed by atoms with Crippen molar-refractivity contribution >= 4 is 5.52 Å². The second-order valence-corrected chi connectivity index (χ2v) is 5.40. The Bertz CT molecular complexity index is 1050. The van der Waals surface area contributed by atoms with Crippen molar-refractivity contribution in [2.24, 2.45) is 0 Å². The fraction of sp³-hybridized carbons (Fsp3) is 0.0556. The van der Waals surface area contributed by atoms with Crippen LogP contribution in [-0.4, -0.2) is 19.6 Å². The molecule has 1 aromatic carbocycles. The topological polar surface area (TPSA) is 63.1 Å². The fourth-order valence-corrected chi connectivity index (χ4v) is 2.72. The van der Waals surface area contributed by atoms with Crippen LogP contribution in [0.2, 0.25) is 0 Å². The first-order valence-corrected chi connectivity index (χ1v) is 7.31. The molecule has 23 heavy (non-hydrogen) atoms. The van der Waals surface area contributed by atoms with Crippen LogP contribution in [0.3, 0.4) is 0 Å². The highest BCUT2D eigenvalue weighted by atomic mass is 16.1. The average molecular weight is 302 g/mol. The smallest absolute Gasteiger partial charge is 0.250 e. The lowest BCUT2D eigenvalue weighted by Gasteiger charge is -2.04. The molecule has 3 aromatic heterocycles. The van der Waals surface area contributed by atoms with Gasteiger partial charge in [-0.25, -0.2) is 4.52 Å². The second kappa shape index (κ2) is 5.21. The van der Waals surface area contributed by atoms with Gasteiger partial charge in [-0.3, -0.25) is 9.78 Å². The number of fused-ring (bicyclic) bond motifs is 1. The molecule has 5 heteroatoms. The number of pyridine rings is 1. The molecular weight excluding hydrogens is 288 g/mol. The highest BCUT2D eigenvalue weighted by molar-refractivity contribution is 5.91. The Kier molecular flexibility index (Phi) is 3.05. The van der Waals surface area contributed by atoms with E-state index in [2.05, 4.69) is 9.97 Å². The molecule has 0 aliphatic carbocycles. The van der Waals surface area contributed by atoms with Crippen molar-refractivity contribution in [2.45, 2.75) is 6.92 Å². The monoisotopic (exact) mass is 302 g/mol. The van der Waals surface area contributed by atoms with Crippen molar-refractivity contribution in [3.63, 3.8) is 0 Å². The van der Waals surface area contributed by atoms with E-state index < -0.39 is 0 Å². The number of H-pyrrole nitrogens is 1. The van der Waals surface area contributed by atoms with E-state index in [1.165, 1.54) is 0 Å². The van der Waals surface area contributed by atoms with Gasteiger partial charge in [0, 0.05) is 40.8 Å². The zero-order valence-corrected chi connectivity index (χ0v) is 12.5. The normalized spacial score (nSPS) is 11.0. The Hall–Kier alpha value is -3.21. The molecule has 4 aromatic rings. The number of nitrogens with zero attached hydrogens (tertiary/aromatic N) is 3. The van der Waals surface area contributed by atoms with Gasteiger partial charge in [0.1, 0.15) is 5.69 Å². The summed E-state index contributed by atoms with van der Waals surface area (Å²) in [7, 11) is 0. The van der Waals surface area contributed by atoms with E-state index in [4.69, 9.17) is 5.10 Å². The lowest BCUT2D eigenvalue weighted by Crippen LogP contribution is -2.07. The first-order valence-electron chi connectivity index (χ1n) is 7.31. The third kappa shape index (κ3) is 2.23. The van der Waals surface area contributed by atoms with Crippen LogP contribution in [0.4, 0.5) is 0 Å². The molecule has 0 unspecified atom stereocenters. The SMILES string of the molecule is Cc1cc(-c2c(-c3ccccc3)nn3ccncc23)c[nH]c1=O. The van der Waals surface area contributed by atoms with Gasteiger partial charge < -0.3 is 4.98 Å². The Morgan fingerprint density at radius 3 is 2.74 bits per heavy atom. The molecular formula is C18H14N4O. The lowest BCUT2D eigenvalue weighted by molar-refractivity contribution is 0.950. The number of rotatable bonds is 2. The summed E-state index contributed by atoms with van der Waals surface area (Å²) in [6.07, 6.45) is 7.04. The molecule has 0 aliphatic heterocycles. The van der Waals surface area contributed by atoms with E-state index in [-0.39, 0.29) is 5.56 Å². The van der Waals surface area contributed by atoms with E-state index in [1.54, 1.807) is 25.5 Å². The van der Waals surface area contributed by atoms with E-state index >= 15 is 0 Å². The van der Waals surface area contributed by atoms with Gasteiger partial charge in [0.05, 0.1) is 11.7 Å². The van der Waals surface area contributed by atoms with Gasteiger partial charge in [-0.15, -0.1) is 0 Å². The molecule has 3 heterocycles. The Labute approximate surface area is 132 Å². The third-order valence-electron chi connectivity index (χ3n) is 3.86. The third-order valence-corrected chi connectivity index (χ3v) is 3.86. The maximum atomic E-state index is 11.7. The maximum absolute atomic E-state index is 11.7. The average Bonchev–Trinajstić information content (AvgIpc) is 2.98.